The first kappa shape index (κ1) is 12.4. The minimum Gasteiger partial charge on any atom is -0.319 e. The Bertz CT molecular complexity index is 400. The van der Waals surface area contributed by atoms with Crippen molar-refractivity contribution in [2.45, 2.75) is 13.3 Å². The molecule has 0 aromatic heterocycles. The van der Waals surface area contributed by atoms with E-state index in [1.807, 2.05) is 25.3 Å². The van der Waals surface area contributed by atoms with Gasteiger partial charge in [-0.05, 0) is 33.0 Å². The minimum absolute atomic E-state index is 0.197. The van der Waals surface area contributed by atoms with Gasteiger partial charge in [0.25, 0.3) is 5.69 Å². The first-order valence-corrected chi connectivity index (χ1v) is 5.22. The van der Waals surface area contributed by atoms with Gasteiger partial charge in [0.15, 0.2) is 0 Å². The van der Waals surface area contributed by atoms with Crippen molar-refractivity contribution in [2.24, 2.45) is 0 Å². The van der Waals surface area contributed by atoms with Gasteiger partial charge in [-0.3, -0.25) is 10.1 Å². The van der Waals surface area contributed by atoms with Gasteiger partial charge >= 0.3 is 0 Å². The van der Waals surface area contributed by atoms with Gasteiger partial charge in [0.1, 0.15) is 0 Å². The number of hydrogen-bond acceptors (Lipinski definition) is 3. The van der Waals surface area contributed by atoms with Crippen LogP contribution in [0.4, 0.5) is 5.69 Å². The summed E-state index contributed by atoms with van der Waals surface area (Å²) in [6.07, 6.45) is 4.61. The predicted molar refractivity (Wildman–Crippen MR) is 65.4 cm³/mol. The van der Waals surface area contributed by atoms with Gasteiger partial charge in [0.2, 0.25) is 0 Å². The maximum absolute atomic E-state index is 10.9. The van der Waals surface area contributed by atoms with Crippen LogP contribution in [0.2, 0.25) is 0 Å². The average Bonchev–Trinajstić information content (AvgIpc) is 2.24. The zero-order chi connectivity index (χ0) is 12.0. The van der Waals surface area contributed by atoms with Crippen LogP contribution in [0.25, 0.3) is 6.08 Å². The molecule has 1 aromatic rings. The Morgan fingerprint density at radius 2 is 2.25 bits per heavy atom. The largest absolute Gasteiger partial charge is 0.319 e. The first-order chi connectivity index (χ1) is 7.66. The lowest BCUT2D eigenvalue weighted by Crippen LogP contribution is -2.05. The summed E-state index contributed by atoms with van der Waals surface area (Å²) in [4.78, 5) is 10.6. The van der Waals surface area contributed by atoms with Crippen LogP contribution in [0.1, 0.15) is 17.5 Å². The molecule has 0 radical (unpaired) electrons. The van der Waals surface area contributed by atoms with Crippen LogP contribution < -0.4 is 5.32 Å². The van der Waals surface area contributed by atoms with Crippen LogP contribution in [0, 0.1) is 17.0 Å². The summed E-state index contributed by atoms with van der Waals surface area (Å²) in [7, 11) is 1.88. The van der Waals surface area contributed by atoms with E-state index in [1.165, 1.54) is 0 Å². The summed E-state index contributed by atoms with van der Waals surface area (Å²) in [5, 5.41) is 13.9. The fraction of sp³-hybridized carbons (Fsp3) is 0.333. The third kappa shape index (κ3) is 3.17. The van der Waals surface area contributed by atoms with Crippen molar-refractivity contribution in [1.82, 2.24) is 5.32 Å². The van der Waals surface area contributed by atoms with Crippen molar-refractivity contribution in [2.75, 3.05) is 13.6 Å². The summed E-state index contributed by atoms with van der Waals surface area (Å²) in [6, 6.07) is 5.35. The zero-order valence-electron chi connectivity index (χ0n) is 9.56. The second kappa shape index (κ2) is 6.02. The molecular formula is C12H16N2O2. The summed E-state index contributed by atoms with van der Waals surface area (Å²) >= 11 is 0. The molecule has 0 atom stereocenters. The SMILES string of the molecule is CNCCC=Cc1cccc(C)c1[N+](=O)[O-]. The Morgan fingerprint density at radius 1 is 1.50 bits per heavy atom. The molecule has 0 saturated heterocycles. The Kier molecular flexibility index (Phi) is 4.66. The van der Waals surface area contributed by atoms with E-state index in [2.05, 4.69) is 5.32 Å². The number of para-hydroxylation sites is 1. The molecule has 16 heavy (non-hydrogen) atoms. The molecule has 0 aliphatic rings. The van der Waals surface area contributed by atoms with Crippen molar-refractivity contribution in [3.8, 4) is 0 Å². The maximum Gasteiger partial charge on any atom is 0.279 e. The van der Waals surface area contributed by atoms with E-state index in [1.54, 1.807) is 19.1 Å². The average molecular weight is 220 g/mol. The molecular weight excluding hydrogens is 204 g/mol. The van der Waals surface area contributed by atoms with E-state index in [9.17, 15) is 10.1 Å². The minimum atomic E-state index is -0.326. The number of benzene rings is 1. The third-order valence-corrected chi connectivity index (χ3v) is 2.31. The lowest BCUT2D eigenvalue weighted by atomic mass is 10.1. The van der Waals surface area contributed by atoms with Gasteiger partial charge in [-0.15, -0.1) is 0 Å². The van der Waals surface area contributed by atoms with Gasteiger partial charge in [0.05, 0.1) is 10.5 Å². The highest BCUT2D eigenvalue weighted by molar-refractivity contribution is 5.63. The van der Waals surface area contributed by atoms with Crippen molar-refractivity contribution >= 4 is 11.8 Å². The van der Waals surface area contributed by atoms with Crippen LogP contribution >= 0.6 is 0 Å². The lowest BCUT2D eigenvalue weighted by molar-refractivity contribution is -0.385. The van der Waals surface area contributed by atoms with E-state index < -0.39 is 0 Å². The Morgan fingerprint density at radius 3 is 2.88 bits per heavy atom. The summed E-state index contributed by atoms with van der Waals surface area (Å²) in [5.74, 6) is 0. The molecule has 1 N–H and O–H groups in total. The number of nitrogens with one attached hydrogen (secondary N) is 1. The Hall–Kier alpha value is -1.68. The fourth-order valence-electron chi connectivity index (χ4n) is 1.50. The summed E-state index contributed by atoms with van der Waals surface area (Å²) in [6.45, 7) is 2.62. The number of aryl methyl sites for hydroxylation is 1. The van der Waals surface area contributed by atoms with Gasteiger partial charge in [-0.2, -0.15) is 0 Å². The van der Waals surface area contributed by atoms with E-state index >= 15 is 0 Å². The highest BCUT2D eigenvalue weighted by Crippen LogP contribution is 2.24. The van der Waals surface area contributed by atoms with Crippen LogP contribution in [0.3, 0.4) is 0 Å². The number of nitrogens with zero attached hydrogens (tertiary/aromatic N) is 1. The van der Waals surface area contributed by atoms with Crippen molar-refractivity contribution in [1.29, 1.82) is 0 Å². The number of nitro benzene ring substituents is 1. The summed E-state index contributed by atoms with van der Waals surface area (Å²) < 4.78 is 0. The standard InChI is InChI=1S/C12H16N2O2/c1-10-6-5-8-11(12(10)14(15)16)7-3-4-9-13-2/h3,5-8,13H,4,9H2,1-2H3. The second-order valence-electron chi connectivity index (χ2n) is 3.56. The number of hydrogen-bond donors (Lipinski definition) is 1. The molecule has 0 fully saturated rings. The molecule has 0 amide bonds. The molecule has 0 saturated carbocycles. The molecule has 4 heteroatoms. The normalized spacial score (nSPS) is 10.9. The Balaban J connectivity index is 2.91. The molecule has 0 aliphatic carbocycles. The fourth-order valence-corrected chi connectivity index (χ4v) is 1.50. The molecule has 0 spiro atoms. The van der Waals surface area contributed by atoms with Gasteiger partial charge < -0.3 is 5.32 Å². The highest BCUT2D eigenvalue weighted by atomic mass is 16.6. The molecule has 1 rings (SSSR count). The molecule has 4 nitrogen and oxygen atoms in total. The van der Waals surface area contributed by atoms with Crippen LogP contribution in [0.15, 0.2) is 24.3 Å². The first-order valence-electron chi connectivity index (χ1n) is 5.22. The van der Waals surface area contributed by atoms with Crippen LogP contribution in [0.5, 0.6) is 0 Å². The van der Waals surface area contributed by atoms with E-state index in [0.717, 1.165) is 13.0 Å². The van der Waals surface area contributed by atoms with E-state index in [-0.39, 0.29) is 10.6 Å². The molecule has 0 bridgehead atoms. The molecule has 1 aromatic carbocycles. The predicted octanol–water partition coefficient (Wildman–Crippen LogP) is 2.53. The maximum atomic E-state index is 10.9. The smallest absolute Gasteiger partial charge is 0.279 e. The van der Waals surface area contributed by atoms with Gasteiger partial charge in [-0.1, -0.05) is 24.3 Å². The van der Waals surface area contributed by atoms with Gasteiger partial charge in [0, 0.05) is 5.56 Å². The number of rotatable bonds is 5. The lowest BCUT2D eigenvalue weighted by Gasteiger charge is -2.00. The highest BCUT2D eigenvalue weighted by Gasteiger charge is 2.13. The molecule has 86 valence electrons. The molecule has 0 heterocycles. The van der Waals surface area contributed by atoms with Crippen LogP contribution in [-0.2, 0) is 0 Å². The monoisotopic (exact) mass is 220 g/mol. The topological polar surface area (TPSA) is 55.2 Å². The third-order valence-electron chi connectivity index (χ3n) is 2.31. The molecule has 0 aliphatic heterocycles. The van der Waals surface area contributed by atoms with E-state index in [0.29, 0.717) is 11.1 Å². The quantitative estimate of drug-likeness (QED) is 0.471. The Labute approximate surface area is 95.1 Å². The van der Waals surface area contributed by atoms with E-state index in [4.69, 9.17) is 0 Å². The van der Waals surface area contributed by atoms with Gasteiger partial charge in [-0.25, -0.2) is 0 Å². The van der Waals surface area contributed by atoms with Crippen molar-refractivity contribution in [3.63, 3.8) is 0 Å². The van der Waals surface area contributed by atoms with Crippen LogP contribution in [-0.4, -0.2) is 18.5 Å². The zero-order valence-corrected chi connectivity index (χ0v) is 9.56. The van der Waals surface area contributed by atoms with Crippen molar-refractivity contribution < 1.29 is 4.92 Å². The van der Waals surface area contributed by atoms with Crippen molar-refractivity contribution in [3.05, 3.63) is 45.5 Å². The molecule has 0 unspecified atom stereocenters. The number of nitro groups is 1. The second-order valence-corrected chi connectivity index (χ2v) is 3.56. The summed E-state index contributed by atoms with van der Waals surface area (Å²) in [5.41, 5.74) is 1.56.